The predicted molar refractivity (Wildman–Crippen MR) is 192 cm³/mol. The molecule has 4 aromatic carbocycles. The first-order valence-corrected chi connectivity index (χ1v) is 16.8. The van der Waals surface area contributed by atoms with E-state index in [9.17, 15) is 9.59 Å². The van der Waals surface area contributed by atoms with Gasteiger partial charge >= 0.3 is 11.9 Å². The van der Waals surface area contributed by atoms with E-state index in [0.29, 0.717) is 11.5 Å². The zero-order valence-corrected chi connectivity index (χ0v) is 29.8. The van der Waals surface area contributed by atoms with E-state index in [-0.39, 0.29) is 22.8 Å². The average Bonchev–Trinajstić information content (AvgIpc) is 3.09. The normalized spacial score (nSPS) is 14.8. The smallest absolute Gasteiger partial charge is 0.308 e. The first-order chi connectivity index (χ1) is 22.9. The second kappa shape index (κ2) is 16.0. The minimum atomic E-state index is -0.304. The van der Waals surface area contributed by atoms with Crippen molar-refractivity contribution in [2.45, 2.75) is 90.9 Å². The summed E-state index contributed by atoms with van der Waals surface area (Å²) in [6, 6.07) is 28.7. The Hall–Kier alpha value is -4.58. The van der Waals surface area contributed by atoms with Gasteiger partial charge in [-0.25, -0.2) is 0 Å². The van der Waals surface area contributed by atoms with Gasteiger partial charge in [0.15, 0.2) is 0 Å². The lowest BCUT2D eigenvalue weighted by Gasteiger charge is -2.39. The van der Waals surface area contributed by atoms with Crippen LogP contribution in [0.15, 0.2) is 84.9 Å². The number of esters is 2. The van der Waals surface area contributed by atoms with Gasteiger partial charge in [0.05, 0.1) is 14.2 Å². The van der Waals surface area contributed by atoms with Crippen LogP contribution in [0, 0.1) is 13.8 Å². The molecule has 6 heteroatoms. The van der Waals surface area contributed by atoms with Crippen molar-refractivity contribution in [3.05, 3.63) is 118 Å². The molecule has 0 N–H and O–H groups in total. The van der Waals surface area contributed by atoms with Crippen LogP contribution in [0.4, 0.5) is 0 Å². The van der Waals surface area contributed by atoms with Gasteiger partial charge in [0.25, 0.3) is 0 Å². The SMILES string of the molecule is CCC(C)(c1ccc(OC)cc1)c1ccc(OC(C)=O)cc1.COc1ccc(C2(c3ccc(OC(C)=O)c(C)c3)CCCCC2)cc1C. The highest BCUT2D eigenvalue weighted by molar-refractivity contribution is 5.70. The molecule has 0 heterocycles. The van der Waals surface area contributed by atoms with Gasteiger partial charge < -0.3 is 18.9 Å². The lowest BCUT2D eigenvalue weighted by atomic mass is 9.65. The summed E-state index contributed by atoms with van der Waals surface area (Å²) in [6.45, 7) is 11.4. The molecule has 0 saturated heterocycles. The zero-order chi connectivity index (χ0) is 34.9. The molecule has 1 saturated carbocycles. The second-order valence-electron chi connectivity index (χ2n) is 12.9. The van der Waals surface area contributed by atoms with Crippen molar-refractivity contribution >= 4 is 11.9 Å². The van der Waals surface area contributed by atoms with Crippen LogP contribution in [0.2, 0.25) is 0 Å². The third-order valence-electron chi connectivity index (χ3n) is 9.82. The molecule has 1 aliphatic rings. The first kappa shape index (κ1) is 36.3. The van der Waals surface area contributed by atoms with Gasteiger partial charge in [-0.15, -0.1) is 0 Å². The van der Waals surface area contributed by atoms with Crippen LogP contribution in [0.5, 0.6) is 23.0 Å². The van der Waals surface area contributed by atoms with Crippen molar-refractivity contribution in [2.75, 3.05) is 14.2 Å². The molecule has 4 aromatic rings. The van der Waals surface area contributed by atoms with Crippen molar-refractivity contribution in [3.63, 3.8) is 0 Å². The Morgan fingerprint density at radius 2 is 1.12 bits per heavy atom. The highest BCUT2D eigenvalue weighted by Crippen LogP contribution is 2.46. The largest absolute Gasteiger partial charge is 0.497 e. The van der Waals surface area contributed by atoms with Crippen molar-refractivity contribution in [3.8, 4) is 23.0 Å². The number of methoxy groups -OCH3 is 2. The van der Waals surface area contributed by atoms with E-state index in [0.717, 1.165) is 36.3 Å². The molecular weight excluding hydrogens is 600 g/mol. The molecule has 0 aliphatic heterocycles. The third-order valence-corrected chi connectivity index (χ3v) is 9.82. The summed E-state index contributed by atoms with van der Waals surface area (Å²) in [5.41, 5.74) is 7.20. The fourth-order valence-corrected chi connectivity index (χ4v) is 6.88. The lowest BCUT2D eigenvalue weighted by molar-refractivity contribution is -0.132. The van der Waals surface area contributed by atoms with Crippen LogP contribution in [-0.2, 0) is 20.4 Å². The van der Waals surface area contributed by atoms with E-state index in [1.165, 1.54) is 60.9 Å². The fourth-order valence-electron chi connectivity index (χ4n) is 6.88. The Morgan fingerprint density at radius 3 is 1.54 bits per heavy atom. The fraction of sp³-hybridized carbons (Fsp3) is 0.381. The maximum absolute atomic E-state index is 11.3. The van der Waals surface area contributed by atoms with Crippen LogP contribution in [0.3, 0.4) is 0 Å². The van der Waals surface area contributed by atoms with Crippen LogP contribution < -0.4 is 18.9 Å². The van der Waals surface area contributed by atoms with E-state index >= 15 is 0 Å². The predicted octanol–water partition coefficient (Wildman–Crippen LogP) is 9.82. The quantitative estimate of drug-likeness (QED) is 0.133. The van der Waals surface area contributed by atoms with E-state index < -0.39 is 0 Å². The van der Waals surface area contributed by atoms with Crippen LogP contribution >= 0.6 is 0 Å². The minimum absolute atomic E-state index is 0.0226. The molecule has 48 heavy (non-hydrogen) atoms. The molecule has 0 amide bonds. The lowest BCUT2D eigenvalue weighted by Crippen LogP contribution is -2.30. The molecule has 0 spiro atoms. The van der Waals surface area contributed by atoms with Gasteiger partial charge in [0.1, 0.15) is 23.0 Å². The number of benzene rings is 4. The molecule has 0 radical (unpaired) electrons. The molecule has 6 nitrogen and oxygen atoms in total. The van der Waals surface area contributed by atoms with Crippen molar-refractivity contribution in [1.82, 2.24) is 0 Å². The summed E-state index contributed by atoms with van der Waals surface area (Å²) in [5, 5.41) is 0. The summed E-state index contributed by atoms with van der Waals surface area (Å²) < 4.78 is 21.1. The molecule has 1 fully saturated rings. The second-order valence-corrected chi connectivity index (χ2v) is 12.9. The van der Waals surface area contributed by atoms with Crippen molar-refractivity contribution in [2.24, 2.45) is 0 Å². The van der Waals surface area contributed by atoms with E-state index in [2.05, 4.69) is 63.2 Å². The Balaban J connectivity index is 0.000000220. The Morgan fingerprint density at radius 1 is 0.646 bits per heavy atom. The topological polar surface area (TPSA) is 71.1 Å². The molecule has 254 valence electrons. The number of hydrogen-bond donors (Lipinski definition) is 0. The van der Waals surface area contributed by atoms with E-state index in [1.807, 2.05) is 49.4 Å². The zero-order valence-electron chi connectivity index (χ0n) is 29.8. The molecule has 0 aromatic heterocycles. The summed E-state index contributed by atoms with van der Waals surface area (Å²) in [4.78, 5) is 22.3. The summed E-state index contributed by atoms with van der Waals surface area (Å²) in [5.74, 6) is 2.43. The van der Waals surface area contributed by atoms with E-state index in [1.54, 1.807) is 14.2 Å². The number of hydrogen-bond acceptors (Lipinski definition) is 6. The summed E-state index contributed by atoms with van der Waals surface area (Å²) >= 11 is 0. The van der Waals surface area contributed by atoms with Crippen molar-refractivity contribution in [1.29, 1.82) is 0 Å². The standard InChI is InChI=1S/C23H28O3.C19H22O3/c1-16-14-19(8-10-21(16)25-4)23(12-6-5-7-13-23)20-9-11-22(17(2)15-20)26-18(3)24;1-5-19(3,15-6-10-17(21-4)11-7-15)16-8-12-18(13-9-16)22-14(2)20/h8-11,14-15H,5-7,12-13H2,1-4H3;6-13H,5H2,1-4H3. The number of rotatable bonds is 9. The Bertz CT molecular complexity index is 1680. The van der Waals surface area contributed by atoms with Gasteiger partial charge in [-0.2, -0.15) is 0 Å². The summed E-state index contributed by atoms with van der Waals surface area (Å²) in [6.07, 6.45) is 7.01. The Kier molecular flexibility index (Phi) is 12.1. The van der Waals surface area contributed by atoms with Gasteiger partial charge in [0.2, 0.25) is 0 Å². The number of ether oxygens (including phenoxy) is 4. The number of carbonyl (C=O) groups excluding carboxylic acids is 2. The molecule has 0 bridgehead atoms. The average molecular weight is 651 g/mol. The maximum Gasteiger partial charge on any atom is 0.308 e. The van der Waals surface area contributed by atoms with Crippen LogP contribution in [0.25, 0.3) is 0 Å². The number of carbonyl (C=O) groups is 2. The maximum atomic E-state index is 11.3. The van der Waals surface area contributed by atoms with Crippen LogP contribution in [-0.4, -0.2) is 26.2 Å². The minimum Gasteiger partial charge on any atom is -0.497 e. The van der Waals surface area contributed by atoms with Gasteiger partial charge in [-0.3, -0.25) is 9.59 Å². The van der Waals surface area contributed by atoms with Crippen LogP contribution in [0.1, 0.15) is 99.6 Å². The van der Waals surface area contributed by atoms with Gasteiger partial charge in [0, 0.05) is 24.7 Å². The highest BCUT2D eigenvalue weighted by Gasteiger charge is 2.36. The number of aryl methyl sites for hydroxylation is 2. The molecule has 1 atom stereocenters. The van der Waals surface area contributed by atoms with Gasteiger partial charge in [-0.1, -0.05) is 81.6 Å². The first-order valence-electron chi connectivity index (χ1n) is 16.8. The van der Waals surface area contributed by atoms with Crippen molar-refractivity contribution < 1.29 is 28.5 Å². The molecular formula is C42H50O6. The molecule has 1 unspecified atom stereocenters. The third kappa shape index (κ3) is 8.28. The van der Waals surface area contributed by atoms with E-state index in [4.69, 9.17) is 18.9 Å². The molecule has 5 rings (SSSR count). The highest BCUT2D eigenvalue weighted by atomic mass is 16.5. The molecule has 1 aliphatic carbocycles. The monoisotopic (exact) mass is 650 g/mol. The summed E-state index contributed by atoms with van der Waals surface area (Å²) in [7, 11) is 3.39. The Labute approximate surface area is 286 Å². The van der Waals surface area contributed by atoms with Gasteiger partial charge in [-0.05, 0) is 103 Å².